The minimum absolute atomic E-state index is 0.0311. The first-order chi connectivity index (χ1) is 17.9. The van der Waals surface area contributed by atoms with E-state index in [1.165, 1.54) is 27.6 Å². The Balaban J connectivity index is 1.60. The molecule has 0 radical (unpaired) electrons. The van der Waals surface area contributed by atoms with Crippen LogP contribution in [0.25, 0.3) is 10.2 Å². The Morgan fingerprint density at radius 1 is 1.14 bits per heavy atom. The summed E-state index contributed by atoms with van der Waals surface area (Å²) in [6.07, 6.45) is 0.899. The number of thiazole rings is 1. The molecule has 4 aromatic rings. The number of Topliss-reactive ketones (excluding diaryl/α,β-unsaturated/α-hetero) is 1. The number of ketones is 1. The van der Waals surface area contributed by atoms with Crippen LogP contribution in [-0.4, -0.2) is 35.5 Å². The summed E-state index contributed by atoms with van der Waals surface area (Å²) in [6, 6.07) is 15.4. The number of aliphatic hydroxyl groups excluding tert-OH is 1. The highest BCUT2D eigenvalue weighted by Gasteiger charge is 2.46. The normalized spacial score (nSPS) is 15.7. The summed E-state index contributed by atoms with van der Waals surface area (Å²) < 4.78 is 12.1. The van der Waals surface area contributed by atoms with Gasteiger partial charge in [-0.25, -0.2) is 4.98 Å². The number of anilines is 1. The summed E-state index contributed by atoms with van der Waals surface area (Å²) in [6.45, 7) is 4.81. The zero-order chi connectivity index (χ0) is 26.1. The standard InChI is InChI=1S/C28H26N2O5S2/c1-16(2)11-12-35-19-7-4-6-17(14-19)24-23(25(31)22-8-5-13-36-22)26(32)27(33)30(24)28-29-20-15-18(34-3)9-10-21(20)37-28/h4-10,13-16,24,32H,11-12H2,1-3H3/t24-/m1/s1. The zero-order valence-corrected chi connectivity index (χ0v) is 22.3. The molecule has 1 aliphatic heterocycles. The third-order valence-electron chi connectivity index (χ3n) is 6.13. The van der Waals surface area contributed by atoms with E-state index in [0.717, 1.165) is 11.1 Å². The molecule has 3 heterocycles. The molecule has 9 heteroatoms. The van der Waals surface area contributed by atoms with E-state index in [9.17, 15) is 14.7 Å². The molecule has 0 spiro atoms. The van der Waals surface area contributed by atoms with Gasteiger partial charge < -0.3 is 14.6 Å². The molecule has 37 heavy (non-hydrogen) atoms. The molecule has 7 nitrogen and oxygen atoms in total. The Hall–Kier alpha value is -3.69. The number of carbonyl (C=O) groups excluding carboxylic acids is 2. The fourth-order valence-electron chi connectivity index (χ4n) is 4.20. The van der Waals surface area contributed by atoms with Crippen molar-refractivity contribution in [3.05, 3.63) is 81.8 Å². The lowest BCUT2D eigenvalue weighted by atomic mass is 9.95. The Morgan fingerprint density at radius 3 is 2.70 bits per heavy atom. The highest BCUT2D eigenvalue weighted by atomic mass is 32.1. The van der Waals surface area contributed by atoms with Gasteiger partial charge >= 0.3 is 0 Å². The second kappa shape index (κ2) is 10.4. The number of methoxy groups -OCH3 is 1. The largest absolute Gasteiger partial charge is 0.503 e. The number of ether oxygens (including phenoxy) is 2. The van der Waals surface area contributed by atoms with Crippen molar-refractivity contribution in [2.45, 2.75) is 26.3 Å². The van der Waals surface area contributed by atoms with Crippen molar-refractivity contribution in [1.82, 2.24) is 4.98 Å². The minimum atomic E-state index is -0.863. The first-order valence-electron chi connectivity index (χ1n) is 11.9. The Labute approximate surface area is 222 Å². The van der Waals surface area contributed by atoms with Gasteiger partial charge in [0, 0.05) is 6.07 Å². The molecule has 0 saturated heterocycles. The smallest absolute Gasteiger partial charge is 0.296 e. The number of fused-ring (bicyclic) bond motifs is 1. The molecular formula is C28H26N2O5S2. The number of rotatable bonds is 9. The van der Waals surface area contributed by atoms with Crippen LogP contribution in [-0.2, 0) is 4.79 Å². The van der Waals surface area contributed by atoms with Gasteiger partial charge in [0.25, 0.3) is 5.91 Å². The van der Waals surface area contributed by atoms with Crippen LogP contribution in [0, 0.1) is 5.92 Å². The molecule has 190 valence electrons. The van der Waals surface area contributed by atoms with Gasteiger partial charge in [0.05, 0.1) is 40.4 Å². The number of hydrogen-bond acceptors (Lipinski definition) is 8. The molecule has 0 fully saturated rings. The van der Waals surface area contributed by atoms with E-state index < -0.39 is 17.7 Å². The number of hydrogen-bond donors (Lipinski definition) is 1. The maximum absolute atomic E-state index is 13.6. The zero-order valence-electron chi connectivity index (χ0n) is 20.6. The summed E-state index contributed by atoms with van der Waals surface area (Å²) in [5.74, 6) is 0.165. The van der Waals surface area contributed by atoms with Crippen molar-refractivity contribution in [2.24, 2.45) is 5.92 Å². The minimum Gasteiger partial charge on any atom is -0.503 e. The average molecular weight is 535 g/mol. The monoisotopic (exact) mass is 534 g/mol. The fraction of sp³-hybridized carbons (Fsp3) is 0.250. The lowest BCUT2D eigenvalue weighted by Gasteiger charge is -2.24. The van der Waals surface area contributed by atoms with E-state index in [0.29, 0.717) is 45.1 Å². The van der Waals surface area contributed by atoms with Crippen LogP contribution in [0.4, 0.5) is 5.13 Å². The van der Waals surface area contributed by atoms with E-state index in [4.69, 9.17) is 9.47 Å². The number of aromatic nitrogens is 1. The summed E-state index contributed by atoms with van der Waals surface area (Å²) >= 11 is 2.58. The van der Waals surface area contributed by atoms with Gasteiger partial charge in [-0.15, -0.1) is 11.3 Å². The number of carbonyl (C=O) groups is 2. The fourth-order valence-corrected chi connectivity index (χ4v) is 5.85. The van der Waals surface area contributed by atoms with Crippen LogP contribution in [0.1, 0.15) is 41.5 Å². The topological polar surface area (TPSA) is 89.0 Å². The third kappa shape index (κ3) is 4.84. The molecular weight excluding hydrogens is 508 g/mol. The molecule has 2 aromatic carbocycles. The van der Waals surface area contributed by atoms with Crippen molar-refractivity contribution >= 4 is 49.7 Å². The maximum atomic E-state index is 13.6. The highest BCUT2D eigenvalue weighted by molar-refractivity contribution is 7.22. The molecule has 0 bridgehead atoms. The quantitative estimate of drug-likeness (QED) is 0.244. The van der Waals surface area contributed by atoms with E-state index in [-0.39, 0.29) is 11.4 Å². The van der Waals surface area contributed by atoms with Crippen LogP contribution >= 0.6 is 22.7 Å². The van der Waals surface area contributed by atoms with Crippen LogP contribution in [0.2, 0.25) is 0 Å². The second-order valence-electron chi connectivity index (χ2n) is 9.08. The number of amides is 1. The summed E-state index contributed by atoms with van der Waals surface area (Å²) in [5, 5.41) is 13.2. The summed E-state index contributed by atoms with van der Waals surface area (Å²) in [5.41, 5.74) is 1.34. The maximum Gasteiger partial charge on any atom is 0.296 e. The molecule has 0 saturated carbocycles. The van der Waals surface area contributed by atoms with Gasteiger partial charge in [0.1, 0.15) is 11.5 Å². The first-order valence-corrected chi connectivity index (χ1v) is 13.6. The number of aliphatic hydroxyl groups is 1. The van der Waals surface area contributed by atoms with Gasteiger partial charge in [-0.2, -0.15) is 0 Å². The van der Waals surface area contributed by atoms with E-state index in [2.05, 4.69) is 18.8 Å². The van der Waals surface area contributed by atoms with Crippen molar-refractivity contribution < 1.29 is 24.2 Å². The highest BCUT2D eigenvalue weighted by Crippen LogP contribution is 2.45. The molecule has 1 amide bonds. The first kappa shape index (κ1) is 25.0. The predicted octanol–water partition coefficient (Wildman–Crippen LogP) is 6.57. The van der Waals surface area contributed by atoms with Gasteiger partial charge in [-0.3, -0.25) is 14.5 Å². The molecule has 0 aliphatic carbocycles. The Morgan fingerprint density at radius 2 is 1.97 bits per heavy atom. The number of benzene rings is 2. The molecule has 1 N–H and O–H groups in total. The molecule has 5 rings (SSSR count). The number of thiophene rings is 1. The van der Waals surface area contributed by atoms with Gasteiger partial charge in [-0.05, 0) is 53.6 Å². The SMILES string of the molecule is COc1ccc2sc(N3C(=O)C(O)=C(C(=O)c4cccs4)[C@H]3c3cccc(OCCC(C)C)c3)nc2c1. The summed E-state index contributed by atoms with van der Waals surface area (Å²) in [4.78, 5) is 33.6. The van der Waals surface area contributed by atoms with Gasteiger partial charge in [0.15, 0.2) is 10.9 Å². The van der Waals surface area contributed by atoms with Crippen LogP contribution < -0.4 is 14.4 Å². The average Bonchev–Trinajstić information content (AvgIpc) is 3.62. The van der Waals surface area contributed by atoms with Gasteiger partial charge in [-0.1, -0.05) is 43.4 Å². The van der Waals surface area contributed by atoms with Crippen molar-refractivity contribution in [1.29, 1.82) is 0 Å². The number of nitrogens with zero attached hydrogens (tertiary/aromatic N) is 2. The Bertz CT molecular complexity index is 1490. The summed E-state index contributed by atoms with van der Waals surface area (Å²) in [7, 11) is 1.58. The lowest BCUT2D eigenvalue weighted by molar-refractivity contribution is -0.117. The van der Waals surface area contributed by atoms with Crippen molar-refractivity contribution in [2.75, 3.05) is 18.6 Å². The molecule has 1 atom stereocenters. The van der Waals surface area contributed by atoms with E-state index in [1.54, 1.807) is 30.7 Å². The van der Waals surface area contributed by atoms with E-state index >= 15 is 0 Å². The van der Waals surface area contributed by atoms with Crippen molar-refractivity contribution in [3.63, 3.8) is 0 Å². The van der Waals surface area contributed by atoms with Crippen LogP contribution in [0.15, 0.2) is 71.3 Å². The Kier molecular flexibility index (Phi) is 6.99. The third-order valence-corrected chi connectivity index (χ3v) is 8.03. The van der Waals surface area contributed by atoms with E-state index in [1.807, 2.05) is 36.4 Å². The molecule has 2 aromatic heterocycles. The second-order valence-corrected chi connectivity index (χ2v) is 11.0. The molecule has 0 unspecified atom stereocenters. The van der Waals surface area contributed by atoms with Crippen LogP contribution in [0.5, 0.6) is 11.5 Å². The van der Waals surface area contributed by atoms with Crippen LogP contribution in [0.3, 0.4) is 0 Å². The molecule has 1 aliphatic rings. The van der Waals surface area contributed by atoms with Gasteiger partial charge in [0.2, 0.25) is 5.78 Å². The van der Waals surface area contributed by atoms with Crippen molar-refractivity contribution in [3.8, 4) is 11.5 Å². The predicted molar refractivity (Wildman–Crippen MR) is 146 cm³/mol. The lowest BCUT2D eigenvalue weighted by Crippen LogP contribution is -2.30.